The largest absolute Gasteiger partial charge is 0.313 e. The smallest absolute Gasteiger partial charge is 0.0213 e. The summed E-state index contributed by atoms with van der Waals surface area (Å²) in [6, 6.07) is 2.30. The molecule has 1 heterocycles. The van der Waals surface area contributed by atoms with Gasteiger partial charge in [0.2, 0.25) is 0 Å². The van der Waals surface area contributed by atoms with Gasteiger partial charge < -0.3 is 5.32 Å². The van der Waals surface area contributed by atoms with Crippen molar-refractivity contribution in [3.8, 4) is 0 Å². The molecule has 1 nitrogen and oxygen atoms in total. The van der Waals surface area contributed by atoms with Gasteiger partial charge in [0.05, 0.1) is 0 Å². The quantitative estimate of drug-likeness (QED) is 0.756. The van der Waals surface area contributed by atoms with Gasteiger partial charge in [-0.3, -0.25) is 0 Å². The van der Waals surface area contributed by atoms with E-state index < -0.39 is 0 Å². The van der Waals surface area contributed by atoms with Crippen molar-refractivity contribution in [1.82, 2.24) is 5.32 Å². The number of thiophene rings is 1. The van der Waals surface area contributed by atoms with E-state index >= 15 is 0 Å². The van der Waals surface area contributed by atoms with Crippen molar-refractivity contribution in [2.75, 3.05) is 6.54 Å². The molecule has 0 amide bonds. The fourth-order valence-corrected chi connectivity index (χ4v) is 1.99. The average molecular weight is 183 g/mol. The van der Waals surface area contributed by atoms with Crippen LogP contribution in [-0.2, 0) is 6.54 Å². The molecule has 0 spiro atoms. The van der Waals surface area contributed by atoms with E-state index in [0.29, 0.717) is 5.92 Å². The lowest BCUT2D eigenvalue weighted by molar-refractivity contribution is 0.727. The summed E-state index contributed by atoms with van der Waals surface area (Å²) in [5.41, 5.74) is 1.42. The highest BCUT2D eigenvalue weighted by molar-refractivity contribution is 7.10. The first-order valence-electron chi connectivity index (χ1n) is 4.52. The molecule has 0 fully saturated rings. The summed E-state index contributed by atoms with van der Waals surface area (Å²) in [5.74, 6) is 0.672. The maximum Gasteiger partial charge on any atom is 0.0213 e. The van der Waals surface area contributed by atoms with Gasteiger partial charge in [-0.05, 0) is 29.5 Å². The molecule has 1 aromatic heterocycles. The van der Waals surface area contributed by atoms with E-state index in [2.05, 4.69) is 37.5 Å². The SMILES string of the molecule is CCNCc1csc(C(C)C)c1. The Morgan fingerprint density at radius 3 is 2.75 bits per heavy atom. The molecule has 0 saturated heterocycles. The summed E-state index contributed by atoms with van der Waals surface area (Å²) in [4.78, 5) is 1.49. The van der Waals surface area contributed by atoms with Gasteiger partial charge in [-0.15, -0.1) is 11.3 Å². The van der Waals surface area contributed by atoms with Crippen LogP contribution in [0, 0.1) is 0 Å². The second-order valence-electron chi connectivity index (χ2n) is 3.29. The van der Waals surface area contributed by atoms with Crippen molar-refractivity contribution in [1.29, 1.82) is 0 Å². The van der Waals surface area contributed by atoms with Gasteiger partial charge in [-0.25, -0.2) is 0 Å². The Hall–Kier alpha value is -0.340. The van der Waals surface area contributed by atoms with Gasteiger partial charge in [0.1, 0.15) is 0 Å². The molecule has 1 aromatic rings. The summed E-state index contributed by atoms with van der Waals surface area (Å²) in [7, 11) is 0. The van der Waals surface area contributed by atoms with E-state index in [9.17, 15) is 0 Å². The fraction of sp³-hybridized carbons (Fsp3) is 0.600. The molecular weight excluding hydrogens is 166 g/mol. The first kappa shape index (κ1) is 9.75. The topological polar surface area (TPSA) is 12.0 Å². The second-order valence-corrected chi connectivity index (χ2v) is 4.24. The van der Waals surface area contributed by atoms with Crippen molar-refractivity contribution in [2.24, 2.45) is 0 Å². The molecule has 0 aromatic carbocycles. The van der Waals surface area contributed by atoms with E-state index in [1.54, 1.807) is 0 Å². The Balaban J connectivity index is 2.52. The van der Waals surface area contributed by atoms with Crippen LogP contribution < -0.4 is 5.32 Å². The zero-order valence-corrected chi connectivity index (χ0v) is 8.87. The van der Waals surface area contributed by atoms with Crippen LogP contribution in [0.1, 0.15) is 37.1 Å². The van der Waals surface area contributed by atoms with Crippen molar-refractivity contribution in [3.05, 3.63) is 21.9 Å². The van der Waals surface area contributed by atoms with Gasteiger partial charge >= 0.3 is 0 Å². The molecule has 1 rings (SSSR count). The zero-order valence-electron chi connectivity index (χ0n) is 8.05. The van der Waals surface area contributed by atoms with Crippen LogP contribution in [-0.4, -0.2) is 6.54 Å². The van der Waals surface area contributed by atoms with Gasteiger partial charge in [0.15, 0.2) is 0 Å². The minimum Gasteiger partial charge on any atom is -0.313 e. The third-order valence-electron chi connectivity index (χ3n) is 1.82. The third kappa shape index (κ3) is 2.61. The minimum atomic E-state index is 0.672. The van der Waals surface area contributed by atoms with Crippen molar-refractivity contribution < 1.29 is 0 Å². The molecule has 1 N–H and O–H groups in total. The standard InChI is InChI=1S/C10H17NS/c1-4-11-6-9-5-10(8(2)3)12-7-9/h5,7-8,11H,4,6H2,1-3H3. The molecule has 0 aliphatic heterocycles. The number of rotatable bonds is 4. The Kier molecular flexibility index (Phi) is 3.76. The van der Waals surface area contributed by atoms with E-state index in [4.69, 9.17) is 0 Å². The second kappa shape index (κ2) is 4.63. The van der Waals surface area contributed by atoms with Crippen molar-refractivity contribution in [2.45, 2.75) is 33.2 Å². The normalized spacial score (nSPS) is 11.0. The summed E-state index contributed by atoms with van der Waals surface area (Å²) in [6.45, 7) is 8.67. The molecule has 0 radical (unpaired) electrons. The van der Waals surface area contributed by atoms with Gasteiger partial charge in [-0.1, -0.05) is 20.8 Å². The van der Waals surface area contributed by atoms with E-state index in [1.807, 2.05) is 11.3 Å². The lowest BCUT2D eigenvalue weighted by atomic mass is 10.1. The van der Waals surface area contributed by atoms with Gasteiger partial charge in [0, 0.05) is 11.4 Å². The Morgan fingerprint density at radius 2 is 2.25 bits per heavy atom. The predicted molar refractivity (Wildman–Crippen MR) is 55.8 cm³/mol. The molecule has 2 heteroatoms. The molecule has 0 atom stereocenters. The van der Waals surface area contributed by atoms with Gasteiger partial charge in [0.25, 0.3) is 0 Å². The summed E-state index contributed by atoms with van der Waals surface area (Å²) >= 11 is 1.87. The summed E-state index contributed by atoms with van der Waals surface area (Å²) in [5, 5.41) is 5.57. The lowest BCUT2D eigenvalue weighted by Gasteiger charge is -1.98. The summed E-state index contributed by atoms with van der Waals surface area (Å²) < 4.78 is 0. The number of nitrogens with one attached hydrogen (secondary N) is 1. The van der Waals surface area contributed by atoms with Crippen LogP contribution in [0.4, 0.5) is 0 Å². The summed E-state index contributed by atoms with van der Waals surface area (Å²) in [6.07, 6.45) is 0. The average Bonchev–Trinajstić information content (AvgIpc) is 2.48. The fourth-order valence-electron chi connectivity index (χ4n) is 1.06. The van der Waals surface area contributed by atoms with E-state index in [-0.39, 0.29) is 0 Å². The first-order valence-corrected chi connectivity index (χ1v) is 5.40. The molecule has 0 aliphatic rings. The maximum atomic E-state index is 3.32. The molecule has 0 saturated carbocycles. The number of hydrogen-bond donors (Lipinski definition) is 1. The highest BCUT2D eigenvalue weighted by atomic mass is 32.1. The predicted octanol–water partition coefficient (Wildman–Crippen LogP) is 2.98. The number of hydrogen-bond acceptors (Lipinski definition) is 2. The highest BCUT2D eigenvalue weighted by Gasteiger charge is 2.02. The molecule has 68 valence electrons. The van der Waals surface area contributed by atoms with E-state index in [0.717, 1.165) is 13.1 Å². The van der Waals surface area contributed by atoms with Crippen molar-refractivity contribution in [3.63, 3.8) is 0 Å². The highest BCUT2D eigenvalue weighted by Crippen LogP contribution is 2.22. The maximum absolute atomic E-state index is 3.32. The van der Waals surface area contributed by atoms with Crippen LogP contribution in [0.25, 0.3) is 0 Å². The zero-order chi connectivity index (χ0) is 8.97. The monoisotopic (exact) mass is 183 g/mol. The molecule has 0 unspecified atom stereocenters. The Bertz CT molecular complexity index is 227. The van der Waals surface area contributed by atoms with Crippen molar-refractivity contribution >= 4 is 11.3 Å². The lowest BCUT2D eigenvalue weighted by Crippen LogP contribution is -2.10. The van der Waals surface area contributed by atoms with Crippen LogP contribution >= 0.6 is 11.3 Å². The van der Waals surface area contributed by atoms with Gasteiger partial charge in [-0.2, -0.15) is 0 Å². The first-order chi connectivity index (χ1) is 5.74. The van der Waals surface area contributed by atoms with Crippen LogP contribution in [0.2, 0.25) is 0 Å². The van der Waals surface area contributed by atoms with E-state index in [1.165, 1.54) is 10.4 Å². The molecule has 12 heavy (non-hydrogen) atoms. The molecule has 0 bridgehead atoms. The van der Waals surface area contributed by atoms with Crippen LogP contribution in [0.3, 0.4) is 0 Å². The third-order valence-corrected chi connectivity index (χ3v) is 3.10. The Morgan fingerprint density at radius 1 is 1.50 bits per heavy atom. The molecule has 0 aliphatic carbocycles. The van der Waals surface area contributed by atoms with Crippen LogP contribution in [0.5, 0.6) is 0 Å². The minimum absolute atomic E-state index is 0.672. The Labute approximate surface area is 78.8 Å². The molecular formula is C10H17NS. The van der Waals surface area contributed by atoms with Crippen LogP contribution in [0.15, 0.2) is 11.4 Å².